The van der Waals surface area contributed by atoms with Gasteiger partial charge in [0.2, 0.25) is 0 Å². The van der Waals surface area contributed by atoms with E-state index in [0.29, 0.717) is 0 Å². The van der Waals surface area contributed by atoms with Crippen molar-refractivity contribution in [1.29, 1.82) is 0 Å². The molecular formula is H2BMnMoSZn. The van der Waals surface area contributed by atoms with Gasteiger partial charge in [-0.2, -0.15) is 13.5 Å². The summed E-state index contributed by atoms with van der Waals surface area (Å²) < 4.78 is 0. The quantitative estimate of drug-likeness (QED) is 0.526. The molecule has 0 atom stereocenters. The predicted molar refractivity (Wildman–Crippen MR) is 16.1 cm³/mol. The van der Waals surface area contributed by atoms with Crippen LogP contribution in [0.3, 0.4) is 0 Å². The molecule has 0 fully saturated rings. The third kappa shape index (κ3) is 22.3. The summed E-state index contributed by atoms with van der Waals surface area (Å²) in [7, 11) is 0. The number of hydrogen-bond acceptors (Lipinski definition) is 0. The minimum Gasteiger partial charge on any atom is -0.197 e. The van der Waals surface area contributed by atoms with Crippen LogP contribution in [0.25, 0.3) is 0 Å². The van der Waals surface area contributed by atoms with E-state index in [1.807, 2.05) is 0 Å². The largest absolute Gasteiger partial charge is 0.197 e. The second-order valence-electron chi connectivity index (χ2n) is 0. The fraction of sp³-hybridized carbons (Fsp3) is 0. The summed E-state index contributed by atoms with van der Waals surface area (Å²) in [5, 5.41) is 0. The zero-order valence-corrected chi connectivity index (χ0v) is 9.73. The van der Waals surface area contributed by atoms with Crippen LogP contribution in [0.2, 0.25) is 0 Å². The van der Waals surface area contributed by atoms with Crippen LogP contribution in [-0.4, -0.2) is 8.41 Å². The van der Waals surface area contributed by atoms with Gasteiger partial charge in [0.25, 0.3) is 0 Å². The fourth-order valence-electron chi connectivity index (χ4n) is 0. The van der Waals surface area contributed by atoms with Crippen molar-refractivity contribution in [2.75, 3.05) is 0 Å². The molecule has 0 N–H and O–H groups in total. The molecule has 0 spiro atoms. The molecule has 5 heavy (non-hydrogen) atoms. The van der Waals surface area contributed by atoms with E-state index in [2.05, 4.69) is 0 Å². The molecule has 4 radical (unpaired) electrons. The van der Waals surface area contributed by atoms with Crippen LogP contribution in [0.4, 0.5) is 0 Å². The molecule has 5 heteroatoms. The third-order valence-corrected chi connectivity index (χ3v) is 0. The molecule has 0 amide bonds. The monoisotopic (exact) mass is 262 g/mol. The molecule has 0 aromatic rings. The molecular weight excluding hydrogens is 259 g/mol. The molecule has 0 aromatic carbocycles. The zero-order chi connectivity index (χ0) is 0. The maximum Gasteiger partial charge on any atom is 0 e. The van der Waals surface area contributed by atoms with E-state index in [1.165, 1.54) is 0 Å². The Morgan fingerprint density at radius 3 is 1.00 bits per heavy atom. The molecule has 0 aliphatic rings. The van der Waals surface area contributed by atoms with E-state index in [9.17, 15) is 0 Å². The van der Waals surface area contributed by atoms with Gasteiger partial charge in [-0.3, -0.25) is 0 Å². The van der Waals surface area contributed by atoms with Gasteiger partial charge in [0.15, 0.2) is 0 Å². The van der Waals surface area contributed by atoms with E-state index >= 15 is 0 Å². The summed E-state index contributed by atoms with van der Waals surface area (Å²) in [4.78, 5) is 0. The standard InChI is InChI=1S/B.Mn.Mo.H2S.Zn/h;;;1H2;. The Hall–Kier alpha value is 2.25. The summed E-state index contributed by atoms with van der Waals surface area (Å²) in [6.07, 6.45) is 0. The molecule has 0 nitrogen and oxygen atoms in total. The van der Waals surface area contributed by atoms with Crippen molar-refractivity contribution in [3.8, 4) is 0 Å². The first kappa shape index (κ1) is 56.0. The molecule has 26 valence electrons. The predicted octanol–water partition coefficient (Wildman–Crippen LogP) is -0.276. The van der Waals surface area contributed by atoms with E-state index in [-0.39, 0.29) is 79.5 Å². The van der Waals surface area contributed by atoms with E-state index < -0.39 is 0 Å². The van der Waals surface area contributed by atoms with Crippen LogP contribution in [0.5, 0.6) is 0 Å². The van der Waals surface area contributed by atoms with Crippen LogP contribution in [-0.2, 0) is 57.6 Å². The van der Waals surface area contributed by atoms with Crippen molar-refractivity contribution < 1.29 is 57.6 Å². The van der Waals surface area contributed by atoms with Crippen LogP contribution < -0.4 is 0 Å². The van der Waals surface area contributed by atoms with Crippen molar-refractivity contribution >= 4 is 21.9 Å². The Bertz CT molecular complexity index is 11.6. The van der Waals surface area contributed by atoms with Crippen molar-refractivity contribution in [3.63, 3.8) is 0 Å². The van der Waals surface area contributed by atoms with Gasteiger partial charge in [-0.15, -0.1) is 0 Å². The zero-order valence-electron chi connectivity index (χ0n) is 2.57. The van der Waals surface area contributed by atoms with Gasteiger partial charge < -0.3 is 0 Å². The smallest absolute Gasteiger partial charge is 0 e. The maximum atomic E-state index is 0. The van der Waals surface area contributed by atoms with Gasteiger partial charge in [0.1, 0.15) is 0 Å². The van der Waals surface area contributed by atoms with Crippen molar-refractivity contribution in [2.24, 2.45) is 0 Å². The van der Waals surface area contributed by atoms with Crippen molar-refractivity contribution in [3.05, 3.63) is 0 Å². The Morgan fingerprint density at radius 1 is 1.00 bits per heavy atom. The average molecular weight is 261 g/mol. The summed E-state index contributed by atoms with van der Waals surface area (Å²) in [6.45, 7) is 0. The summed E-state index contributed by atoms with van der Waals surface area (Å²) >= 11 is 0. The summed E-state index contributed by atoms with van der Waals surface area (Å²) in [6, 6.07) is 0. The Labute approximate surface area is 78.8 Å². The Morgan fingerprint density at radius 2 is 1.00 bits per heavy atom. The Kier molecular flexibility index (Phi) is 382. The molecule has 0 aliphatic heterocycles. The number of hydrogen-bond donors (Lipinski definition) is 0. The van der Waals surface area contributed by atoms with Gasteiger partial charge in [-0.25, -0.2) is 0 Å². The third-order valence-electron chi connectivity index (χ3n) is 0. The van der Waals surface area contributed by atoms with E-state index in [1.54, 1.807) is 0 Å². The first-order valence-corrected chi connectivity index (χ1v) is 0. The molecule has 0 aliphatic carbocycles. The van der Waals surface area contributed by atoms with Crippen LogP contribution in [0.1, 0.15) is 0 Å². The summed E-state index contributed by atoms with van der Waals surface area (Å²) in [5.74, 6) is 0. The van der Waals surface area contributed by atoms with Crippen molar-refractivity contribution in [1.82, 2.24) is 0 Å². The fourth-order valence-corrected chi connectivity index (χ4v) is 0. The topological polar surface area (TPSA) is 0 Å². The minimum absolute atomic E-state index is 0. The first-order chi connectivity index (χ1) is 0. The van der Waals surface area contributed by atoms with Crippen LogP contribution in [0, 0.1) is 0 Å². The van der Waals surface area contributed by atoms with Gasteiger partial charge in [0, 0.05) is 66.0 Å². The second kappa shape index (κ2) is 34.1. The minimum atomic E-state index is 0. The van der Waals surface area contributed by atoms with Gasteiger partial charge in [-0.1, -0.05) is 0 Å². The molecule has 0 saturated carbocycles. The average Bonchev–Trinajstić information content (AvgIpc) is 0. The molecule has 0 bridgehead atoms. The van der Waals surface area contributed by atoms with E-state index in [4.69, 9.17) is 0 Å². The Balaban J connectivity index is 0. The van der Waals surface area contributed by atoms with Crippen LogP contribution >= 0.6 is 13.5 Å². The molecule has 0 heterocycles. The number of rotatable bonds is 0. The SMILES string of the molecule is S.[B].[Mn].[Mo].[Zn]. The van der Waals surface area contributed by atoms with Crippen molar-refractivity contribution in [2.45, 2.75) is 0 Å². The first-order valence-electron chi connectivity index (χ1n) is 0. The van der Waals surface area contributed by atoms with Gasteiger partial charge >= 0.3 is 0 Å². The molecule has 0 unspecified atom stereocenters. The van der Waals surface area contributed by atoms with Gasteiger partial charge in [-0.05, 0) is 0 Å². The van der Waals surface area contributed by atoms with Gasteiger partial charge in [0.05, 0.1) is 0 Å². The normalized spacial score (nSPS) is 0. The molecule has 0 aromatic heterocycles. The van der Waals surface area contributed by atoms with E-state index in [0.717, 1.165) is 0 Å². The molecule has 0 rings (SSSR count). The maximum absolute atomic E-state index is 0. The second-order valence-corrected chi connectivity index (χ2v) is 0. The van der Waals surface area contributed by atoms with Crippen LogP contribution in [0.15, 0.2) is 0 Å². The molecule has 0 saturated heterocycles. The summed E-state index contributed by atoms with van der Waals surface area (Å²) in [5.41, 5.74) is 0.